The molecule has 2 rings (SSSR count). The van der Waals surface area contributed by atoms with Crippen molar-refractivity contribution in [2.75, 3.05) is 13.7 Å². The second-order valence-electron chi connectivity index (χ2n) is 7.33. The number of aliphatic hydroxyl groups is 2. The largest absolute Gasteiger partial charge is 0.394 e. The smallest absolute Gasteiger partial charge is 0.330 e. The van der Waals surface area contributed by atoms with Gasteiger partial charge in [0.2, 0.25) is 0 Å². The highest BCUT2D eigenvalue weighted by molar-refractivity contribution is 5.06. The van der Waals surface area contributed by atoms with Crippen LogP contribution in [0.1, 0.15) is 51.8 Å². The van der Waals surface area contributed by atoms with Gasteiger partial charge in [-0.25, -0.2) is 4.79 Å². The third-order valence-corrected chi connectivity index (χ3v) is 5.40. The Morgan fingerprint density at radius 3 is 2.72 bits per heavy atom. The molecule has 3 N–H and O–H groups in total. The van der Waals surface area contributed by atoms with Crippen molar-refractivity contribution < 1.29 is 24.4 Å². The maximum Gasteiger partial charge on any atom is 0.330 e. The zero-order valence-corrected chi connectivity index (χ0v) is 17.5. The number of aromatic nitrogens is 2. The fourth-order valence-electron chi connectivity index (χ4n) is 3.50. The number of unbranched alkanes of at least 4 members (excludes halogenated alkanes) is 2. The van der Waals surface area contributed by atoms with Gasteiger partial charge in [-0.05, 0) is 26.2 Å². The summed E-state index contributed by atoms with van der Waals surface area (Å²) in [4.78, 5) is 26.6. The predicted octanol–water partition coefficient (Wildman–Crippen LogP) is 0.533. The van der Waals surface area contributed by atoms with E-state index in [4.69, 9.17) is 14.2 Å². The molecule has 0 aliphatic carbocycles. The van der Waals surface area contributed by atoms with Crippen molar-refractivity contribution in [3.8, 4) is 0 Å². The molecular weight excluding hydrogens is 380 g/mol. The van der Waals surface area contributed by atoms with E-state index in [-0.39, 0.29) is 12.2 Å². The van der Waals surface area contributed by atoms with Gasteiger partial charge < -0.3 is 24.4 Å². The standard InChI is InChI=1S/C20H32N2O7/c1-5-7-8-9-14(12(3)27-4)28-17-16(24)15(11-23)29-19(17)22-10-13(6-2)18(25)21-20(22)26/h5,10,12,14-17,19,23-24H,6-9,11H2,1-4H3/p+1. The first kappa shape index (κ1) is 23.6. The van der Waals surface area contributed by atoms with Crippen molar-refractivity contribution in [1.82, 2.24) is 9.55 Å². The Morgan fingerprint density at radius 1 is 1.41 bits per heavy atom. The molecule has 0 spiro atoms. The minimum Gasteiger partial charge on any atom is -0.394 e. The van der Waals surface area contributed by atoms with Crippen LogP contribution in [-0.2, 0) is 20.6 Å². The predicted molar refractivity (Wildman–Crippen MR) is 107 cm³/mol. The molecule has 1 aliphatic rings. The molecule has 29 heavy (non-hydrogen) atoms. The van der Waals surface area contributed by atoms with Crippen molar-refractivity contribution in [1.29, 1.82) is 0 Å². The molecule has 0 radical (unpaired) electrons. The van der Waals surface area contributed by atoms with Gasteiger partial charge in [0.05, 0.1) is 38.6 Å². The fourth-order valence-corrected chi connectivity index (χ4v) is 3.50. The summed E-state index contributed by atoms with van der Waals surface area (Å²) in [5.41, 5.74) is -0.701. The number of hydrogen-bond donors (Lipinski definition) is 3. The molecule has 1 fully saturated rings. The lowest BCUT2D eigenvalue weighted by atomic mass is 10.0. The molecule has 1 aromatic rings. The molecule has 9 nitrogen and oxygen atoms in total. The van der Waals surface area contributed by atoms with E-state index >= 15 is 0 Å². The SMILES string of the molecule is C[CH+]CCCC(OC1C(O)C(CO)OC1n1cc(CC)c(=O)[nH]c1=O)C(C)OC. The molecule has 0 saturated carbocycles. The molecule has 0 bridgehead atoms. The van der Waals surface area contributed by atoms with Gasteiger partial charge in [-0.15, -0.1) is 0 Å². The van der Waals surface area contributed by atoms with Crippen LogP contribution in [0.5, 0.6) is 0 Å². The van der Waals surface area contributed by atoms with E-state index in [0.717, 1.165) is 12.8 Å². The van der Waals surface area contributed by atoms with Crippen LogP contribution in [0.15, 0.2) is 15.8 Å². The van der Waals surface area contributed by atoms with E-state index in [2.05, 4.69) is 11.4 Å². The van der Waals surface area contributed by atoms with Gasteiger partial charge in [0, 0.05) is 18.9 Å². The number of nitrogens with one attached hydrogen (secondary N) is 1. The number of H-pyrrole nitrogens is 1. The lowest BCUT2D eigenvalue weighted by Crippen LogP contribution is -2.44. The zero-order chi connectivity index (χ0) is 21.6. The summed E-state index contributed by atoms with van der Waals surface area (Å²) < 4.78 is 18.6. The summed E-state index contributed by atoms with van der Waals surface area (Å²) in [6.07, 6.45) is 1.89. The van der Waals surface area contributed by atoms with Gasteiger partial charge in [0.25, 0.3) is 5.56 Å². The molecule has 9 heteroatoms. The van der Waals surface area contributed by atoms with Crippen LogP contribution in [0.2, 0.25) is 0 Å². The molecule has 0 amide bonds. The number of aromatic amines is 1. The summed E-state index contributed by atoms with van der Waals surface area (Å²) in [5.74, 6) is 0. The number of ether oxygens (including phenoxy) is 3. The molecule has 164 valence electrons. The van der Waals surface area contributed by atoms with Crippen molar-refractivity contribution in [3.05, 3.63) is 39.0 Å². The minimum atomic E-state index is -1.14. The first-order valence-electron chi connectivity index (χ1n) is 10.1. The van der Waals surface area contributed by atoms with Gasteiger partial charge in [-0.1, -0.05) is 6.92 Å². The van der Waals surface area contributed by atoms with Gasteiger partial charge in [-0.3, -0.25) is 14.3 Å². The number of hydrogen-bond acceptors (Lipinski definition) is 7. The fraction of sp³-hybridized carbons (Fsp3) is 0.750. The second kappa shape index (κ2) is 10.9. The third-order valence-electron chi connectivity index (χ3n) is 5.40. The van der Waals surface area contributed by atoms with E-state index in [1.807, 2.05) is 13.8 Å². The summed E-state index contributed by atoms with van der Waals surface area (Å²) in [5, 5.41) is 20.3. The molecule has 1 aliphatic heterocycles. The number of methoxy groups -OCH3 is 1. The number of aliphatic hydroxyl groups excluding tert-OH is 2. The van der Waals surface area contributed by atoms with Crippen molar-refractivity contribution >= 4 is 0 Å². The van der Waals surface area contributed by atoms with Crippen LogP contribution in [0.3, 0.4) is 0 Å². The van der Waals surface area contributed by atoms with Crippen molar-refractivity contribution in [3.63, 3.8) is 0 Å². The van der Waals surface area contributed by atoms with Crippen molar-refractivity contribution in [2.24, 2.45) is 0 Å². The Hall–Kier alpha value is -1.65. The average molecular weight is 413 g/mol. The highest BCUT2D eigenvalue weighted by Crippen LogP contribution is 2.33. The lowest BCUT2D eigenvalue weighted by Gasteiger charge is -2.30. The zero-order valence-electron chi connectivity index (χ0n) is 17.5. The molecule has 0 aromatic carbocycles. The quantitative estimate of drug-likeness (QED) is 0.357. The maximum absolute atomic E-state index is 12.4. The summed E-state index contributed by atoms with van der Waals surface area (Å²) in [6, 6.07) is 0. The van der Waals surface area contributed by atoms with E-state index in [0.29, 0.717) is 18.4 Å². The summed E-state index contributed by atoms with van der Waals surface area (Å²) in [6.45, 7) is 5.24. The topological polar surface area (TPSA) is 123 Å². The van der Waals surface area contributed by atoms with Crippen LogP contribution in [-0.4, -0.2) is 64.0 Å². The van der Waals surface area contributed by atoms with Crippen LogP contribution in [0.25, 0.3) is 0 Å². The van der Waals surface area contributed by atoms with Gasteiger partial charge in [0.1, 0.15) is 18.3 Å². The van der Waals surface area contributed by atoms with E-state index in [1.54, 1.807) is 14.0 Å². The monoisotopic (exact) mass is 413 g/mol. The van der Waals surface area contributed by atoms with Crippen molar-refractivity contribution in [2.45, 2.75) is 83.2 Å². The molecule has 6 unspecified atom stereocenters. The first-order valence-corrected chi connectivity index (χ1v) is 10.1. The van der Waals surface area contributed by atoms with E-state index < -0.39 is 42.4 Å². The van der Waals surface area contributed by atoms with Crippen LogP contribution >= 0.6 is 0 Å². The highest BCUT2D eigenvalue weighted by atomic mass is 16.6. The summed E-state index contributed by atoms with van der Waals surface area (Å²) >= 11 is 0. The van der Waals surface area contributed by atoms with Crippen LogP contribution in [0, 0.1) is 6.42 Å². The molecule has 1 aromatic heterocycles. The second-order valence-corrected chi connectivity index (χ2v) is 7.33. The molecule has 6 atom stereocenters. The average Bonchev–Trinajstić information content (AvgIpc) is 3.02. The first-order chi connectivity index (χ1) is 13.9. The lowest BCUT2D eigenvalue weighted by molar-refractivity contribution is -0.138. The normalized spacial score (nSPS) is 26.4. The molecule has 2 heterocycles. The van der Waals surface area contributed by atoms with E-state index in [9.17, 15) is 19.8 Å². The maximum atomic E-state index is 12.4. The third kappa shape index (κ3) is 5.49. The minimum absolute atomic E-state index is 0.244. The Bertz CT molecular complexity index is 747. The Balaban J connectivity index is 2.35. The number of rotatable bonds is 11. The number of aryl methyl sites for hydroxylation is 1. The van der Waals surface area contributed by atoms with Crippen LogP contribution < -0.4 is 11.2 Å². The van der Waals surface area contributed by atoms with E-state index in [1.165, 1.54) is 10.8 Å². The molecular formula is C20H33N2O7+. The summed E-state index contributed by atoms with van der Waals surface area (Å²) in [7, 11) is 1.59. The van der Waals surface area contributed by atoms with Crippen LogP contribution in [0.4, 0.5) is 0 Å². The highest BCUT2D eigenvalue weighted by Gasteiger charge is 2.47. The van der Waals surface area contributed by atoms with Gasteiger partial charge in [-0.2, -0.15) is 0 Å². The Kier molecular flexibility index (Phi) is 8.91. The number of nitrogens with zero attached hydrogens (tertiary/aromatic N) is 1. The molecule has 1 saturated heterocycles. The van der Waals surface area contributed by atoms with Gasteiger partial charge >= 0.3 is 5.69 Å². The van der Waals surface area contributed by atoms with Gasteiger partial charge in [0.15, 0.2) is 6.23 Å². The Labute approximate surface area is 170 Å². The Morgan fingerprint density at radius 2 is 2.14 bits per heavy atom.